The summed E-state index contributed by atoms with van der Waals surface area (Å²) < 4.78 is 0. The fourth-order valence-corrected chi connectivity index (χ4v) is 3.66. The molecule has 0 unspecified atom stereocenters. The summed E-state index contributed by atoms with van der Waals surface area (Å²) in [5.74, 6) is 0.805. The van der Waals surface area contributed by atoms with Crippen LogP contribution in [0.5, 0.6) is 0 Å². The molecule has 126 valence electrons. The Labute approximate surface area is 139 Å². The van der Waals surface area contributed by atoms with Crippen LogP contribution in [0.4, 0.5) is 5.69 Å². The van der Waals surface area contributed by atoms with Gasteiger partial charge >= 0.3 is 0 Å². The first kappa shape index (κ1) is 16.3. The first-order valence-corrected chi connectivity index (χ1v) is 9.24. The van der Waals surface area contributed by atoms with Crippen molar-refractivity contribution in [1.82, 2.24) is 10.3 Å². The Morgan fingerprint density at radius 1 is 1.09 bits per heavy atom. The molecule has 0 aromatic carbocycles. The Morgan fingerprint density at radius 3 is 2.39 bits per heavy atom. The molecule has 2 heterocycles. The van der Waals surface area contributed by atoms with Crippen LogP contribution in [0, 0.1) is 5.92 Å². The Balaban J connectivity index is 1.56. The van der Waals surface area contributed by atoms with E-state index in [-0.39, 0.29) is 5.91 Å². The summed E-state index contributed by atoms with van der Waals surface area (Å²) in [6.07, 6.45) is 11.6. The quantitative estimate of drug-likeness (QED) is 0.864. The van der Waals surface area contributed by atoms with Crippen molar-refractivity contribution in [2.75, 3.05) is 18.0 Å². The highest BCUT2D eigenvalue weighted by Gasteiger charge is 2.18. The van der Waals surface area contributed by atoms with Crippen LogP contribution in [-0.4, -0.2) is 30.0 Å². The normalized spacial score (nSPS) is 21.0. The Morgan fingerprint density at radius 2 is 1.78 bits per heavy atom. The third-order valence-electron chi connectivity index (χ3n) is 5.32. The zero-order valence-corrected chi connectivity index (χ0v) is 14.3. The molecule has 0 bridgehead atoms. The van der Waals surface area contributed by atoms with Crippen LogP contribution in [0.3, 0.4) is 0 Å². The molecule has 4 nitrogen and oxygen atoms in total. The third kappa shape index (κ3) is 4.46. The van der Waals surface area contributed by atoms with Gasteiger partial charge in [-0.3, -0.25) is 4.79 Å². The van der Waals surface area contributed by atoms with E-state index in [1.54, 1.807) is 0 Å². The standard InChI is InChI=1S/C19H29N3O/c1-15-10-12-22(13-11-15)17-8-9-18(20-14-17)19(23)21-16-6-4-2-3-5-7-16/h8-9,14-16H,2-7,10-13H2,1H3,(H,21,23). The molecule has 1 aromatic rings. The van der Waals surface area contributed by atoms with E-state index >= 15 is 0 Å². The van der Waals surface area contributed by atoms with Crippen LogP contribution in [0.2, 0.25) is 0 Å². The lowest BCUT2D eigenvalue weighted by molar-refractivity contribution is 0.0928. The van der Waals surface area contributed by atoms with Gasteiger partial charge in [-0.05, 0) is 43.7 Å². The van der Waals surface area contributed by atoms with Crippen LogP contribution in [-0.2, 0) is 0 Å². The maximum atomic E-state index is 12.4. The van der Waals surface area contributed by atoms with Crippen molar-refractivity contribution in [3.63, 3.8) is 0 Å². The lowest BCUT2D eigenvalue weighted by Gasteiger charge is -2.31. The molecule has 1 N–H and O–H groups in total. The van der Waals surface area contributed by atoms with E-state index in [4.69, 9.17) is 0 Å². The number of hydrogen-bond acceptors (Lipinski definition) is 3. The lowest BCUT2D eigenvalue weighted by atomic mass is 9.99. The summed E-state index contributed by atoms with van der Waals surface area (Å²) in [4.78, 5) is 19.2. The van der Waals surface area contributed by atoms with Crippen molar-refractivity contribution in [3.8, 4) is 0 Å². The molecule has 2 fully saturated rings. The monoisotopic (exact) mass is 315 g/mol. The maximum absolute atomic E-state index is 12.4. The third-order valence-corrected chi connectivity index (χ3v) is 5.32. The summed E-state index contributed by atoms with van der Waals surface area (Å²) in [6.45, 7) is 4.50. The van der Waals surface area contributed by atoms with Crippen LogP contribution in [0.25, 0.3) is 0 Å². The van der Waals surface area contributed by atoms with Gasteiger partial charge in [0.25, 0.3) is 5.91 Å². The molecule has 1 aromatic heterocycles. The lowest BCUT2D eigenvalue weighted by Crippen LogP contribution is -2.35. The van der Waals surface area contributed by atoms with Crippen molar-refractivity contribution in [2.24, 2.45) is 5.92 Å². The first-order chi connectivity index (χ1) is 11.2. The van der Waals surface area contributed by atoms with Crippen LogP contribution < -0.4 is 10.2 Å². The number of nitrogens with one attached hydrogen (secondary N) is 1. The van der Waals surface area contributed by atoms with E-state index in [9.17, 15) is 4.79 Å². The van der Waals surface area contributed by atoms with Gasteiger partial charge in [-0.15, -0.1) is 0 Å². The fraction of sp³-hybridized carbons (Fsp3) is 0.684. The van der Waals surface area contributed by atoms with Gasteiger partial charge in [-0.1, -0.05) is 32.6 Å². The molecule has 1 saturated heterocycles. The van der Waals surface area contributed by atoms with Crippen molar-refractivity contribution < 1.29 is 4.79 Å². The van der Waals surface area contributed by atoms with E-state index in [1.807, 2.05) is 18.3 Å². The van der Waals surface area contributed by atoms with Crippen molar-refractivity contribution in [1.29, 1.82) is 0 Å². The topological polar surface area (TPSA) is 45.2 Å². The van der Waals surface area contributed by atoms with Gasteiger partial charge in [0, 0.05) is 19.1 Å². The molecule has 0 radical (unpaired) electrons. The number of amides is 1. The summed E-state index contributed by atoms with van der Waals surface area (Å²) in [7, 11) is 0. The first-order valence-electron chi connectivity index (χ1n) is 9.24. The molecule has 23 heavy (non-hydrogen) atoms. The Hall–Kier alpha value is -1.58. The smallest absolute Gasteiger partial charge is 0.270 e. The molecule has 0 spiro atoms. The van der Waals surface area contributed by atoms with Gasteiger partial charge in [0.2, 0.25) is 0 Å². The van der Waals surface area contributed by atoms with E-state index < -0.39 is 0 Å². The van der Waals surface area contributed by atoms with Crippen LogP contribution >= 0.6 is 0 Å². The van der Waals surface area contributed by atoms with Gasteiger partial charge < -0.3 is 10.2 Å². The van der Waals surface area contributed by atoms with Gasteiger partial charge in [-0.25, -0.2) is 4.98 Å². The maximum Gasteiger partial charge on any atom is 0.270 e. The number of hydrogen-bond donors (Lipinski definition) is 1. The molecule has 1 aliphatic heterocycles. The van der Waals surface area contributed by atoms with E-state index in [1.165, 1.54) is 38.5 Å². The van der Waals surface area contributed by atoms with Crippen molar-refractivity contribution >= 4 is 11.6 Å². The molecule has 4 heteroatoms. The number of nitrogens with zero attached hydrogens (tertiary/aromatic N) is 2. The van der Waals surface area contributed by atoms with Crippen molar-refractivity contribution in [3.05, 3.63) is 24.0 Å². The Kier molecular flexibility index (Phi) is 5.52. The zero-order valence-electron chi connectivity index (χ0n) is 14.3. The SMILES string of the molecule is CC1CCN(c2ccc(C(=O)NC3CCCCCC3)nc2)CC1. The molecule has 1 amide bonds. The summed E-state index contributed by atoms with van der Waals surface area (Å²) in [5.41, 5.74) is 1.69. The number of carbonyl (C=O) groups excluding carboxylic acids is 1. The van der Waals surface area contributed by atoms with Gasteiger partial charge in [-0.2, -0.15) is 0 Å². The average Bonchev–Trinajstić information content (AvgIpc) is 2.84. The molecule has 1 aliphatic carbocycles. The predicted molar refractivity (Wildman–Crippen MR) is 93.8 cm³/mol. The molecular weight excluding hydrogens is 286 g/mol. The minimum absolute atomic E-state index is 0.0179. The highest BCUT2D eigenvalue weighted by molar-refractivity contribution is 5.92. The minimum Gasteiger partial charge on any atom is -0.370 e. The van der Waals surface area contributed by atoms with E-state index in [0.29, 0.717) is 11.7 Å². The molecule has 0 atom stereocenters. The van der Waals surface area contributed by atoms with Gasteiger partial charge in [0.05, 0.1) is 11.9 Å². The van der Waals surface area contributed by atoms with Crippen LogP contribution in [0.15, 0.2) is 18.3 Å². The second kappa shape index (κ2) is 7.80. The highest BCUT2D eigenvalue weighted by atomic mass is 16.1. The largest absolute Gasteiger partial charge is 0.370 e. The number of aromatic nitrogens is 1. The summed E-state index contributed by atoms with van der Waals surface area (Å²) >= 11 is 0. The predicted octanol–water partition coefficient (Wildman–Crippen LogP) is 3.77. The second-order valence-electron chi connectivity index (χ2n) is 7.23. The molecule has 1 saturated carbocycles. The minimum atomic E-state index is -0.0179. The zero-order chi connectivity index (χ0) is 16.1. The summed E-state index contributed by atoms with van der Waals surface area (Å²) in [6, 6.07) is 4.25. The van der Waals surface area contributed by atoms with Crippen LogP contribution in [0.1, 0.15) is 68.8 Å². The fourth-order valence-electron chi connectivity index (χ4n) is 3.66. The van der Waals surface area contributed by atoms with E-state index in [2.05, 4.69) is 22.1 Å². The number of carbonyl (C=O) groups is 1. The summed E-state index contributed by atoms with van der Waals surface area (Å²) in [5, 5.41) is 3.16. The average molecular weight is 315 g/mol. The second-order valence-corrected chi connectivity index (χ2v) is 7.23. The van der Waals surface area contributed by atoms with E-state index in [0.717, 1.165) is 37.5 Å². The molecule has 3 rings (SSSR count). The molecular formula is C19H29N3O. The Bertz CT molecular complexity index is 498. The number of anilines is 1. The number of pyridine rings is 1. The van der Waals surface area contributed by atoms with Gasteiger partial charge in [0.1, 0.15) is 5.69 Å². The number of piperidine rings is 1. The van der Waals surface area contributed by atoms with Crippen molar-refractivity contribution in [2.45, 2.75) is 64.3 Å². The molecule has 2 aliphatic rings. The highest BCUT2D eigenvalue weighted by Crippen LogP contribution is 2.22. The van der Waals surface area contributed by atoms with Gasteiger partial charge in [0.15, 0.2) is 0 Å². The number of rotatable bonds is 3.